The van der Waals surface area contributed by atoms with Crippen LogP contribution in [0.25, 0.3) is 0 Å². The lowest BCUT2D eigenvalue weighted by Crippen LogP contribution is -2.50. The summed E-state index contributed by atoms with van der Waals surface area (Å²) in [5.74, 6) is 0.743. The maximum Gasteiger partial charge on any atom is 0.320 e. The highest BCUT2D eigenvalue weighted by Crippen LogP contribution is 2.38. The van der Waals surface area contributed by atoms with Gasteiger partial charge in [0.2, 0.25) is 0 Å². The molecular weight excluding hydrogens is 565 g/mol. The van der Waals surface area contributed by atoms with E-state index < -0.39 is 0 Å². The van der Waals surface area contributed by atoms with Gasteiger partial charge in [0.1, 0.15) is 13.2 Å². The van der Waals surface area contributed by atoms with Gasteiger partial charge in [0.05, 0.1) is 32.2 Å². The number of nitrogens with zero attached hydrogens (tertiary/aromatic N) is 2. The van der Waals surface area contributed by atoms with Gasteiger partial charge in [-0.15, -0.1) is 0 Å². The predicted molar refractivity (Wildman–Crippen MR) is 139 cm³/mol. The van der Waals surface area contributed by atoms with Crippen LogP contribution in [0.2, 0.25) is 30.1 Å². The van der Waals surface area contributed by atoms with E-state index in [4.69, 9.17) is 79.1 Å². The fraction of sp³-hybridized carbons (Fsp3) is 0.435. The second-order valence-corrected chi connectivity index (χ2v) is 10.8. The van der Waals surface area contributed by atoms with Crippen molar-refractivity contribution in [2.45, 2.75) is 37.8 Å². The van der Waals surface area contributed by atoms with Crippen molar-refractivity contribution >= 4 is 75.6 Å². The van der Waals surface area contributed by atoms with Crippen LogP contribution >= 0.6 is 69.6 Å². The molecule has 34 heavy (non-hydrogen) atoms. The molecule has 2 fully saturated rings. The third-order valence-corrected chi connectivity index (χ3v) is 7.57. The summed E-state index contributed by atoms with van der Waals surface area (Å²) in [6.45, 7) is 1.90. The molecule has 0 N–H and O–H groups in total. The van der Waals surface area contributed by atoms with Gasteiger partial charge in [-0.25, -0.2) is 4.79 Å². The molecule has 2 aromatic carbocycles. The molecule has 184 valence electrons. The van der Waals surface area contributed by atoms with Gasteiger partial charge < -0.3 is 19.3 Å². The highest BCUT2D eigenvalue weighted by atomic mass is 35.5. The molecule has 2 heterocycles. The van der Waals surface area contributed by atoms with E-state index in [0.717, 1.165) is 25.7 Å². The number of hydrogen-bond donors (Lipinski definition) is 0. The molecule has 2 atom stereocenters. The summed E-state index contributed by atoms with van der Waals surface area (Å²) in [6.07, 6.45) is 3.46. The first-order valence-corrected chi connectivity index (χ1v) is 13.1. The average Bonchev–Trinajstić information content (AvgIpc) is 3.41. The fourth-order valence-corrected chi connectivity index (χ4v) is 6.23. The molecule has 0 aromatic heterocycles. The number of amides is 2. The smallest absolute Gasteiger partial charge is 0.320 e. The number of carbonyl (C=O) groups excluding carboxylic acids is 1. The summed E-state index contributed by atoms with van der Waals surface area (Å²) in [4.78, 5) is 17.2. The fourth-order valence-electron chi connectivity index (χ4n) is 4.38. The summed E-state index contributed by atoms with van der Waals surface area (Å²) in [7, 11) is 0. The maximum atomic E-state index is 13.4. The Morgan fingerprint density at radius 2 is 1.06 bits per heavy atom. The molecular formula is C23H22Cl6N2O3. The number of benzene rings is 2. The van der Waals surface area contributed by atoms with E-state index in [1.54, 1.807) is 24.3 Å². The van der Waals surface area contributed by atoms with Crippen LogP contribution in [0.3, 0.4) is 0 Å². The number of carbonyl (C=O) groups is 1. The lowest BCUT2D eigenvalue weighted by atomic mass is 10.2. The molecule has 2 aliphatic heterocycles. The summed E-state index contributed by atoms with van der Waals surface area (Å²) in [6, 6.07) is 6.12. The Hall–Kier alpha value is -0.950. The van der Waals surface area contributed by atoms with Gasteiger partial charge in [-0.05, 0) is 49.9 Å². The maximum absolute atomic E-state index is 13.4. The first-order valence-electron chi connectivity index (χ1n) is 10.9. The molecule has 0 saturated carbocycles. The number of urea groups is 1. The van der Waals surface area contributed by atoms with Gasteiger partial charge in [0, 0.05) is 23.1 Å². The summed E-state index contributed by atoms with van der Waals surface area (Å²) in [5.41, 5.74) is 0. The molecule has 2 amide bonds. The zero-order valence-electron chi connectivity index (χ0n) is 18.0. The topological polar surface area (TPSA) is 42.0 Å². The molecule has 4 rings (SSSR count). The quantitative estimate of drug-likeness (QED) is 0.343. The largest absolute Gasteiger partial charge is 0.488 e. The van der Waals surface area contributed by atoms with Crippen molar-refractivity contribution in [1.82, 2.24) is 9.80 Å². The number of rotatable bonds is 6. The van der Waals surface area contributed by atoms with Crippen LogP contribution in [-0.4, -0.2) is 54.2 Å². The zero-order chi connectivity index (χ0) is 24.4. The summed E-state index contributed by atoms with van der Waals surface area (Å²) in [5, 5.41) is 2.22. The second-order valence-electron chi connectivity index (χ2n) is 8.28. The molecule has 0 aliphatic carbocycles. The van der Waals surface area contributed by atoms with Crippen LogP contribution in [0.5, 0.6) is 11.5 Å². The van der Waals surface area contributed by atoms with Crippen LogP contribution in [0.1, 0.15) is 25.7 Å². The van der Waals surface area contributed by atoms with Crippen molar-refractivity contribution < 1.29 is 14.3 Å². The Kier molecular flexibility index (Phi) is 8.76. The normalized spacial score (nSPS) is 20.2. The first-order chi connectivity index (χ1) is 16.2. The molecule has 2 aliphatic rings. The number of hydrogen-bond acceptors (Lipinski definition) is 3. The third kappa shape index (κ3) is 5.88. The second kappa shape index (κ2) is 11.4. The zero-order valence-corrected chi connectivity index (χ0v) is 22.5. The van der Waals surface area contributed by atoms with Gasteiger partial charge in [0.25, 0.3) is 0 Å². The minimum atomic E-state index is -0.0855. The van der Waals surface area contributed by atoms with Crippen LogP contribution in [0.15, 0.2) is 24.3 Å². The highest BCUT2D eigenvalue weighted by Gasteiger charge is 2.37. The van der Waals surface area contributed by atoms with E-state index in [1.807, 2.05) is 9.80 Å². The minimum Gasteiger partial charge on any atom is -0.488 e. The van der Waals surface area contributed by atoms with Gasteiger partial charge in [-0.2, -0.15) is 0 Å². The van der Waals surface area contributed by atoms with Crippen molar-refractivity contribution in [3.8, 4) is 11.5 Å². The Morgan fingerprint density at radius 3 is 1.41 bits per heavy atom. The number of halogens is 6. The molecule has 0 bridgehead atoms. The SMILES string of the molecule is O=C(N1CCC[C@H]1COc1c(Cl)cc(Cl)cc1Cl)N1CCC[C@H]1COc1c(Cl)cc(Cl)cc1Cl. The Morgan fingerprint density at radius 1 is 0.706 bits per heavy atom. The van der Waals surface area contributed by atoms with Crippen LogP contribution in [-0.2, 0) is 0 Å². The van der Waals surface area contributed by atoms with Gasteiger partial charge >= 0.3 is 6.03 Å². The molecule has 0 radical (unpaired) electrons. The van der Waals surface area contributed by atoms with E-state index in [2.05, 4.69) is 0 Å². The van der Waals surface area contributed by atoms with E-state index in [9.17, 15) is 4.79 Å². The van der Waals surface area contributed by atoms with E-state index in [0.29, 0.717) is 54.7 Å². The van der Waals surface area contributed by atoms with Crippen LogP contribution < -0.4 is 9.47 Å². The first kappa shape index (κ1) is 26.1. The van der Waals surface area contributed by atoms with Gasteiger partial charge in [0.15, 0.2) is 11.5 Å². The van der Waals surface area contributed by atoms with Crippen molar-refractivity contribution in [2.24, 2.45) is 0 Å². The van der Waals surface area contributed by atoms with Gasteiger partial charge in [-0.3, -0.25) is 0 Å². The van der Waals surface area contributed by atoms with Crippen molar-refractivity contribution in [3.63, 3.8) is 0 Å². The average molecular weight is 587 g/mol. The summed E-state index contributed by atoms with van der Waals surface area (Å²) < 4.78 is 11.8. The molecule has 11 heteroatoms. The van der Waals surface area contributed by atoms with Crippen LogP contribution in [0, 0.1) is 0 Å². The number of likely N-dealkylation sites (tertiary alicyclic amines) is 2. The van der Waals surface area contributed by atoms with E-state index in [-0.39, 0.29) is 31.3 Å². The minimum absolute atomic E-state index is 0.0289. The van der Waals surface area contributed by atoms with Crippen molar-refractivity contribution in [3.05, 3.63) is 54.4 Å². The highest BCUT2D eigenvalue weighted by molar-refractivity contribution is 6.40. The predicted octanol–water partition coefficient (Wildman–Crippen LogP) is 8.11. The Labute approximate surface area is 228 Å². The molecule has 5 nitrogen and oxygen atoms in total. The standard InChI is InChI=1S/C23H22Cl6N2O3/c24-13-7-17(26)21(18(27)8-13)33-11-15-3-1-5-30(15)23(32)31-6-2-4-16(31)12-34-22-19(28)9-14(25)10-20(22)29/h7-10,15-16H,1-6,11-12H2/t15-,16-/m0/s1. The number of ether oxygens (including phenoxy) is 2. The Balaban J connectivity index is 1.39. The van der Waals surface area contributed by atoms with Crippen molar-refractivity contribution in [1.29, 1.82) is 0 Å². The van der Waals surface area contributed by atoms with E-state index in [1.165, 1.54) is 0 Å². The molecule has 0 spiro atoms. The monoisotopic (exact) mass is 584 g/mol. The van der Waals surface area contributed by atoms with E-state index >= 15 is 0 Å². The molecule has 0 unspecified atom stereocenters. The molecule has 2 saturated heterocycles. The summed E-state index contributed by atoms with van der Waals surface area (Å²) >= 11 is 36.9. The lowest BCUT2D eigenvalue weighted by Gasteiger charge is -2.33. The van der Waals surface area contributed by atoms with Gasteiger partial charge in [-0.1, -0.05) is 69.6 Å². The Bertz CT molecular complexity index is 941. The van der Waals surface area contributed by atoms with Crippen molar-refractivity contribution in [2.75, 3.05) is 26.3 Å². The lowest BCUT2D eigenvalue weighted by molar-refractivity contribution is 0.115. The van der Waals surface area contributed by atoms with Crippen LogP contribution in [0.4, 0.5) is 4.79 Å². The molecule has 2 aromatic rings. The third-order valence-electron chi connectivity index (χ3n) is 6.01.